The number of benzene rings is 2. The Hall–Kier alpha value is -3.13. The Morgan fingerprint density at radius 3 is 2.83 bits per heavy atom. The van der Waals surface area contributed by atoms with Gasteiger partial charge in [0.05, 0.1) is 16.6 Å². The first-order chi connectivity index (χ1) is 13.8. The van der Waals surface area contributed by atoms with Gasteiger partial charge in [-0.2, -0.15) is 5.26 Å². The van der Waals surface area contributed by atoms with Crippen molar-refractivity contribution in [1.29, 1.82) is 5.26 Å². The average molecular weight is 388 g/mol. The lowest BCUT2D eigenvalue weighted by Gasteiger charge is -2.47. The maximum atomic E-state index is 15.1. The minimum Gasteiger partial charge on any atom is -0.366 e. The zero-order valence-electron chi connectivity index (χ0n) is 17.3. The minimum atomic E-state index is -0.323. The number of fused-ring (bicyclic) bond motifs is 2. The molecule has 2 heterocycles. The predicted molar refractivity (Wildman–Crippen MR) is 116 cm³/mol. The fraction of sp³-hybridized carbons (Fsp3) is 0.333. The summed E-state index contributed by atoms with van der Waals surface area (Å²) < 4.78 is 15.1. The molecule has 1 unspecified atom stereocenters. The standard InChI is InChI=1S/C24H25FN4/c1-5-29-22-12-19(25)16(11-18(22)15(2)13-24(29,3)4)10-17(14-26)23-27-20-8-6-7-9-21(20)28-23/h6-12,15H,5,13H2,1-4H3,(H,27,28)/b17-10+. The van der Waals surface area contributed by atoms with Gasteiger partial charge in [-0.15, -0.1) is 0 Å². The minimum absolute atomic E-state index is 0.0168. The van der Waals surface area contributed by atoms with E-state index >= 15 is 4.39 Å². The Morgan fingerprint density at radius 2 is 2.14 bits per heavy atom. The molecule has 5 heteroatoms. The number of nitriles is 1. The smallest absolute Gasteiger partial charge is 0.149 e. The van der Waals surface area contributed by atoms with Crippen LogP contribution in [0.4, 0.5) is 10.1 Å². The molecule has 1 aliphatic heterocycles. The van der Waals surface area contributed by atoms with Crippen LogP contribution in [0.5, 0.6) is 0 Å². The number of nitrogens with zero attached hydrogens (tertiary/aromatic N) is 3. The molecule has 1 N–H and O–H groups in total. The predicted octanol–water partition coefficient (Wildman–Crippen LogP) is 5.88. The Bertz CT molecular complexity index is 1120. The quantitative estimate of drug-likeness (QED) is 0.570. The zero-order valence-corrected chi connectivity index (χ0v) is 17.3. The number of allylic oxidation sites excluding steroid dienone is 1. The molecular weight excluding hydrogens is 363 g/mol. The van der Waals surface area contributed by atoms with E-state index < -0.39 is 0 Å². The molecule has 0 saturated carbocycles. The van der Waals surface area contributed by atoms with Crippen molar-refractivity contribution < 1.29 is 4.39 Å². The summed E-state index contributed by atoms with van der Waals surface area (Å²) in [5, 5.41) is 9.69. The number of aromatic amines is 1. The van der Waals surface area contributed by atoms with E-state index in [9.17, 15) is 5.26 Å². The van der Waals surface area contributed by atoms with Crippen molar-refractivity contribution in [1.82, 2.24) is 9.97 Å². The van der Waals surface area contributed by atoms with Gasteiger partial charge in [0.2, 0.25) is 0 Å². The summed E-state index contributed by atoms with van der Waals surface area (Å²) in [7, 11) is 0. The van der Waals surface area contributed by atoms with Crippen LogP contribution in [-0.4, -0.2) is 22.1 Å². The van der Waals surface area contributed by atoms with E-state index in [1.54, 1.807) is 12.1 Å². The Balaban J connectivity index is 1.81. The van der Waals surface area contributed by atoms with Crippen molar-refractivity contribution in [2.24, 2.45) is 0 Å². The van der Waals surface area contributed by atoms with Gasteiger partial charge in [0.1, 0.15) is 17.7 Å². The van der Waals surface area contributed by atoms with Crippen LogP contribution in [0.2, 0.25) is 0 Å². The zero-order chi connectivity index (χ0) is 20.8. The van der Waals surface area contributed by atoms with E-state index in [-0.39, 0.29) is 11.4 Å². The number of nitrogens with one attached hydrogen (secondary N) is 1. The molecule has 1 aromatic heterocycles. The highest BCUT2D eigenvalue weighted by atomic mass is 19.1. The number of para-hydroxylation sites is 2. The van der Waals surface area contributed by atoms with Crippen LogP contribution in [0.25, 0.3) is 22.7 Å². The van der Waals surface area contributed by atoms with Gasteiger partial charge in [0.25, 0.3) is 0 Å². The molecule has 4 rings (SSSR count). The molecule has 0 fully saturated rings. The van der Waals surface area contributed by atoms with E-state index in [1.807, 2.05) is 30.3 Å². The number of aromatic nitrogens is 2. The number of hydrogen-bond donors (Lipinski definition) is 1. The first kappa shape index (κ1) is 19.2. The van der Waals surface area contributed by atoms with E-state index in [2.05, 4.69) is 48.6 Å². The normalized spacial score (nSPS) is 18.6. The van der Waals surface area contributed by atoms with E-state index in [1.165, 1.54) is 0 Å². The van der Waals surface area contributed by atoms with Crippen LogP contribution in [0.15, 0.2) is 36.4 Å². The van der Waals surface area contributed by atoms with Gasteiger partial charge >= 0.3 is 0 Å². The van der Waals surface area contributed by atoms with Crippen LogP contribution >= 0.6 is 0 Å². The first-order valence-electron chi connectivity index (χ1n) is 10.0. The van der Waals surface area contributed by atoms with Gasteiger partial charge in [-0.25, -0.2) is 9.37 Å². The average Bonchev–Trinajstić information content (AvgIpc) is 3.10. The molecule has 0 spiro atoms. The number of imidazole rings is 1. The fourth-order valence-electron chi connectivity index (χ4n) is 4.62. The molecule has 0 amide bonds. The maximum absolute atomic E-state index is 15.1. The van der Waals surface area contributed by atoms with Crippen molar-refractivity contribution in [2.75, 3.05) is 11.4 Å². The summed E-state index contributed by atoms with van der Waals surface area (Å²) >= 11 is 0. The highest BCUT2D eigenvalue weighted by Gasteiger charge is 2.36. The van der Waals surface area contributed by atoms with E-state index in [4.69, 9.17) is 0 Å². The number of halogens is 1. The van der Waals surface area contributed by atoms with Gasteiger partial charge in [-0.05, 0) is 69.0 Å². The number of hydrogen-bond acceptors (Lipinski definition) is 3. The van der Waals surface area contributed by atoms with Crippen LogP contribution < -0.4 is 4.90 Å². The highest BCUT2D eigenvalue weighted by Crippen LogP contribution is 2.44. The lowest BCUT2D eigenvalue weighted by molar-refractivity contribution is 0.380. The number of rotatable bonds is 3. The number of anilines is 1. The molecule has 1 atom stereocenters. The largest absolute Gasteiger partial charge is 0.366 e. The second kappa shape index (κ2) is 7.04. The molecule has 2 aromatic carbocycles. The van der Waals surface area contributed by atoms with E-state index in [0.29, 0.717) is 22.9 Å². The van der Waals surface area contributed by atoms with Crippen molar-refractivity contribution in [3.63, 3.8) is 0 Å². The molecule has 4 nitrogen and oxygen atoms in total. The third-order valence-corrected chi connectivity index (χ3v) is 5.89. The summed E-state index contributed by atoms with van der Waals surface area (Å²) in [6, 6.07) is 13.3. The second-order valence-electron chi connectivity index (χ2n) is 8.37. The summed E-state index contributed by atoms with van der Waals surface area (Å²) in [6.45, 7) is 9.52. The summed E-state index contributed by atoms with van der Waals surface area (Å²) in [5.41, 5.74) is 4.43. The molecule has 0 saturated heterocycles. The molecular formula is C24H25FN4. The maximum Gasteiger partial charge on any atom is 0.149 e. The van der Waals surface area contributed by atoms with Crippen molar-refractivity contribution in [3.05, 3.63) is 59.2 Å². The second-order valence-corrected chi connectivity index (χ2v) is 8.37. The lowest BCUT2D eigenvalue weighted by Crippen LogP contribution is -2.48. The molecule has 0 aliphatic carbocycles. The van der Waals surface area contributed by atoms with Crippen LogP contribution in [0.3, 0.4) is 0 Å². The van der Waals surface area contributed by atoms with Crippen LogP contribution in [-0.2, 0) is 0 Å². The first-order valence-corrected chi connectivity index (χ1v) is 10.0. The van der Waals surface area contributed by atoms with Gasteiger partial charge in [-0.1, -0.05) is 19.1 Å². The molecule has 29 heavy (non-hydrogen) atoms. The fourth-order valence-corrected chi connectivity index (χ4v) is 4.62. The highest BCUT2D eigenvalue weighted by molar-refractivity contribution is 5.90. The van der Waals surface area contributed by atoms with Gasteiger partial charge < -0.3 is 9.88 Å². The van der Waals surface area contributed by atoms with Gasteiger partial charge in [0.15, 0.2) is 0 Å². The van der Waals surface area contributed by atoms with Crippen molar-refractivity contribution in [2.45, 2.75) is 45.6 Å². The van der Waals surface area contributed by atoms with Crippen molar-refractivity contribution in [3.8, 4) is 6.07 Å². The molecule has 148 valence electrons. The summed E-state index contributed by atoms with van der Waals surface area (Å²) in [5.74, 6) is 0.443. The summed E-state index contributed by atoms with van der Waals surface area (Å²) in [4.78, 5) is 9.90. The number of H-pyrrole nitrogens is 1. The van der Waals surface area contributed by atoms with Crippen LogP contribution in [0, 0.1) is 17.1 Å². The Morgan fingerprint density at radius 1 is 1.38 bits per heavy atom. The SMILES string of the molecule is CCN1c2cc(F)c(/C=C(\C#N)c3nc4ccccc4[nH]3)cc2C(C)CC1(C)C. The molecule has 3 aromatic rings. The monoisotopic (exact) mass is 388 g/mol. The van der Waals surface area contributed by atoms with Crippen molar-refractivity contribution >= 4 is 28.4 Å². The summed E-state index contributed by atoms with van der Waals surface area (Å²) in [6.07, 6.45) is 2.59. The lowest BCUT2D eigenvalue weighted by atomic mass is 9.79. The van der Waals surface area contributed by atoms with Gasteiger partial charge in [-0.3, -0.25) is 0 Å². The van der Waals surface area contributed by atoms with Crippen LogP contribution in [0.1, 0.15) is 57.0 Å². The molecule has 0 radical (unpaired) electrons. The molecule has 1 aliphatic rings. The Kier molecular flexibility index (Phi) is 4.66. The topological polar surface area (TPSA) is 55.7 Å². The third-order valence-electron chi connectivity index (χ3n) is 5.89. The molecule has 0 bridgehead atoms. The van der Waals surface area contributed by atoms with Gasteiger partial charge in [0, 0.05) is 23.3 Å². The third kappa shape index (κ3) is 3.29. The van der Waals surface area contributed by atoms with E-state index in [0.717, 1.165) is 35.2 Å². The Labute approximate surface area is 170 Å².